The van der Waals surface area contributed by atoms with Gasteiger partial charge in [-0.15, -0.1) is 0 Å². The molecule has 0 fully saturated rings. The van der Waals surface area contributed by atoms with E-state index in [1.54, 1.807) is 0 Å². The lowest BCUT2D eigenvalue weighted by Gasteiger charge is -2.24. The van der Waals surface area contributed by atoms with Crippen molar-refractivity contribution in [1.29, 1.82) is 0 Å². The third-order valence-electron chi connectivity index (χ3n) is 2.67. The molecule has 0 spiro atoms. The van der Waals surface area contributed by atoms with E-state index in [1.807, 2.05) is 0 Å². The quantitative estimate of drug-likeness (QED) is 0.582. The molecule has 1 aliphatic rings. The molecule has 0 amide bonds. The summed E-state index contributed by atoms with van der Waals surface area (Å²) < 4.78 is 0. The molecule has 1 heteroatoms. The Bertz CT molecular complexity index is 141. The van der Waals surface area contributed by atoms with E-state index in [1.165, 1.54) is 25.8 Å². The van der Waals surface area contributed by atoms with E-state index in [-0.39, 0.29) is 0 Å². The summed E-state index contributed by atoms with van der Waals surface area (Å²) >= 11 is 0. The number of hydrogen-bond donors (Lipinski definition) is 0. The van der Waals surface area contributed by atoms with Gasteiger partial charge >= 0.3 is 0 Å². The minimum atomic E-state index is 0.795. The smallest absolute Gasteiger partial charge is 0.0161 e. The second-order valence-electron chi connectivity index (χ2n) is 4.26. The summed E-state index contributed by atoms with van der Waals surface area (Å²) in [5.41, 5.74) is 0. The largest absolute Gasteiger partial charge is 0.303 e. The average Bonchev–Trinajstić information content (AvgIpc) is 2.51. The first-order chi connectivity index (χ1) is 5.70. The van der Waals surface area contributed by atoms with Crippen LogP contribution in [0.1, 0.15) is 33.1 Å². The van der Waals surface area contributed by atoms with Gasteiger partial charge in [0.2, 0.25) is 0 Å². The van der Waals surface area contributed by atoms with Crippen molar-refractivity contribution in [3.63, 3.8) is 0 Å². The minimum Gasteiger partial charge on any atom is -0.303 e. The van der Waals surface area contributed by atoms with Gasteiger partial charge < -0.3 is 4.90 Å². The molecule has 0 N–H and O–H groups in total. The molecule has 0 aromatic heterocycles. The second kappa shape index (κ2) is 4.66. The number of hydrogen-bond acceptors (Lipinski definition) is 1. The van der Waals surface area contributed by atoms with Gasteiger partial charge in [0.1, 0.15) is 0 Å². The standard InChI is InChI=1S/C11H21N/c1-10(2)8-9-12(3)11-6-4-5-7-11/h4-5,10-11H,6-9H2,1-3H3. The molecule has 0 bridgehead atoms. The Morgan fingerprint density at radius 2 is 1.92 bits per heavy atom. The van der Waals surface area contributed by atoms with Gasteiger partial charge in [-0.2, -0.15) is 0 Å². The molecule has 0 atom stereocenters. The molecule has 1 nitrogen and oxygen atoms in total. The van der Waals surface area contributed by atoms with Crippen molar-refractivity contribution < 1.29 is 0 Å². The third-order valence-corrected chi connectivity index (χ3v) is 2.67. The van der Waals surface area contributed by atoms with Gasteiger partial charge in [0.15, 0.2) is 0 Å². The van der Waals surface area contributed by atoms with Gasteiger partial charge in [0.05, 0.1) is 0 Å². The molecule has 1 rings (SSSR count). The summed E-state index contributed by atoms with van der Waals surface area (Å²) in [6.07, 6.45) is 8.45. The van der Waals surface area contributed by atoms with Gasteiger partial charge in [0, 0.05) is 6.04 Å². The fraction of sp³-hybridized carbons (Fsp3) is 0.818. The predicted octanol–water partition coefficient (Wildman–Crippen LogP) is 2.68. The molecule has 0 aromatic carbocycles. The Labute approximate surface area is 76.5 Å². The van der Waals surface area contributed by atoms with Crippen LogP contribution in [-0.2, 0) is 0 Å². The van der Waals surface area contributed by atoms with Crippen LogP contribution in [0.4, 0.5) is 0 Å². The lowest BCUT2D eigenvalue weighted by molar-refractivity contribution is 0.237. The highest BCUT2D eigenvalue weighted by atomic mass is 15.1. The van der Waals surface area contributed by atoms with Crippen LogP contribution < -0.4 is 0 Å². The van der Waals surface area contributed by atoms with Crippen molar-refractivity contribution >= 4 is 0 Å². The van der Waals surface area contributed by atoms with E-state index in [2.05, 4.69) is 37.9 Å². The van der Waals surface area contributed by atoms with Crippen molar-refractivity contribution in [1.82, 2.24) is 4.90 Å². The lowest BCUT2D eigenvalue weighted by atomic mass is 10.1. The zero-order valence-corrected chi connectivity index (χ0v) is 8.59. The molecule has 1 aliphatic carbocycles. The fourth-order valence-corrected chi connectivity index (χ4v) is 1.61. The van der Waals surface area contributed by atoms with E-state index in [0.29, 0.717) is 0 Å². The van der Waals surface area contributed by atoms with Gasteiger partial charge in [-0.25, -0.2) is 0 Å². The van der Waals surface area contributed by atoms with E-state index in [4.69, 9.17) is 0 Å². The Hall–Kier alpha value is -0.300. The van der Waals surface area contributed by atoms with Crippen LogP contribution in [0.2, 0.25) is 0 Å². The van der Waals surface area contributed by atoms with Gasteiger partial charge in [-0.1, -0.05) is 26.0 Å². The molecule has 70 valence electrons. The average molecular weight is 167 g/mol. The maximum atomic E-state index is 2.50. The summed E-state index contributed by atoms with van der Waals surface area (Å²) in [5, 5.41) is 0. The highest BCUT2D eigenvalue weighted by Gasteiger charge is 2.14. The second-order valence-corrected chi connectivity index (χ2v) is 4.26. The molecule has 0 heterocycles. The van der Waals surface area contributed by atoms with Gasteiger partial charge in [-0.05, 0) is 38.8 Å². The van der Waals surface area contributed by atoms with Gasteiger partial charge in [0.25, 0.3) is 0 Å². The van der Waals surface area contributed by atoms with Crippen molar-refractivity contribution in [2.24, 2.45) is 5.92 Å². The maximum absolute atomic E-state index is 2.50. The van der Waals surface area contributed by atoms with E-state index in [0.717, 1.165) is 12.0 Å². The predicted molar refractivity (Wildman–Crippen MR) is 54.2 cm³/mol. The topological polar surface area (TPSA) is 3.24 Å². The molecule has 0 aliphatic heterocycles. The summed E-state index contributed by atoms with van der Waals surface area (Å²) in [5.74, 6) is 0.835. The van der Waals surface area contributed by atoms with E-state index in [9.17, 15) is 0 Å². The zero-order chi connectivity index (χ0) is 8.97. The Morgan fingerprint density at radius 3 is 2.42 bits per heavy atom. The van der Waals surface area contributed by atoms with E-state index >= 15 is 0 Å². The molecule has 0 radical (unpaired) electrons. The summed E-state index contributed by atoms with van der Waals surface area (Å²) in [7, 11) is 2.25. The van der Waals surface area contributed by atoms with Crippen LogP contribution in [-0.4, -0.2) is 24.5 Å². The van der Waals surface area contributed by atoms with Crippen LogP contribution in [0.3, 0.4) is 0 Å². The first kappa shape index (κ1) is 9.79. The van der Waals surface area contributed by atoms with Crippen LogP contribution in [0, 0.1) is 5.92 Å². The van der Waals surface area contributed by atoms with Crippen LogP contribution in [0.15, 0.2) is 12.2 Å². The van der Waals surface area contributed by atoms with Crippen molar-refractivity contribution in [2.45, 2.75) is 39.2 Å². The number of rotatable bonds is 4. The molecule has 0 unspecified atom stereocenters. The summed E-state index contributed by atoms with van der Waals surface area (Å²) in [6.45, 7) is 5.84. The normalized spacial score (nSPS) is 18.4. The Balaban J connectivity index is 2.15. The fourth-order valence-electron chi connectivity index (χ4n) is 1.61. The Kier molecular flexibility index (Phi) is 3.80. The lowest BCUT2D eigenvalue weighted by Crippen LogP contribution is -2.30. The van der Waals surface area contributed by atoms with Crippen molar-refractivity contribution in [3.05, 3.63) is 12.2 Å². The molecular weight excluding hydrogens is 146 g/mol. The Morgan fingerprint density at radius 1 is 1.33 bits per heavy atom. The first-order valence-electron chi connectivity index (χ1n) is 5.05. The van der Waals surface area contributed by atoms with Crippen molar-refractivity contribution in [3.8, 4) is 0 Å². The van der Waals surface area contributed by atoms with E-state index < -0.39 is 0 Å². The van der Waals surface area contributed by atoms with Crippen LogP contribution in [0.5, 0.6) is 0 Å². The molecule has 12 heavy (non-hydrogen) atoms. The summed E-state index contributed by atoms with van der Waals surface area (Å²) in [4.78, 5) is 2.50. The number of nitrogens with zero attached hydrogens (tertiary/aromatic N) is 1. The third kappa shape index (κ3) is 2.98. The maximum Gasteiger partial charge on any atom is 0.0161 e. The monoisotopic (exact) mass is 167 g/mol. The molecule has 0 saturated carbocycles. The zero-order valence-electron chi connectivity index (χ0n) is 8.59. The minimum absolute atomic E-state index is 0.795. The summed E-state index contributed by atoms with van der Waals surface area (Å²) in [6, 6.07) is 0.795. The van der Waals surface area contributed by atoms with Gasteiger partial charge in [-0.3, -0.25) is 0 Å². The highest BCUT2D eigenvalue weighted by Crippen LogP contribution is 2.16. The van der Waals surface area contributed by atoms with Crippen LogP contribution in [0.25, 0.3) is 0 Å². The molecular formula is C11H21N. The highest BCUT2D eigenvalue weighted by molar-refractivity contribution is 4.97. The van der Waals surface area contributed by atoms with Crippen LogP contribution >= 0.6 is 0 Å². The molecule has 0 aromatic rings. The first-order valence-corrected chi connectivity index (χ1v) is 5.05. The van der Waals surface area contributed by atoms with Crippen molar-refractivity contribution in [2.75, 3.05) is 13.6 Å². The molecule has 0 saturated heterocycles. The SMILES string of the molecule is CC(C)CCN(C)C1CC=CC1.